The molecule has 0 atom stereocenters. The third-order valence-electron chi connectivity index (χ3n) is 4.67. The summed E-state index contributed by atoms with van der Waals surface area (Å²) >= 11 is 0. The van der Waals surface area contributed by atoms with Gasteiger partial charge in [0.2, 0.25) is 5.52 Å². The van der Waals surface area contributed by atoms with Crippen molar-refractivity contribution in [2.24, 2.45) is 7.05 Å². The summed E-state index contributed by atoms with van der Waals surface area (Å²) in [6, 6.07) is 27.3. The zero-order chi connectivity index (χ0) is 16.1. The first-order valence-corrected chi connectivity index (χ1v) is 8.08. The summed E-state index contributed by atoms with van der Waals surface area (Å²) in [6.07, 6.45) is 0. The van der Waals surface area contributed by atoms with E-state index in [1.54, 1.807) is 0 Å². The van der Waals surface area contributed by atoms with Gasteiger partial charge < -0.3 is 0 Å². The molecular formula is C21H16N3+. The van der Waals surface area contributed by atoms with E-state index in [4.69, 9.17) is 5.10 Å². The molecule has 4 aromatic carbocycles. The van der Waals surface area contributed by atoms with Gasteiger partial charge in [-0.2, -0.15) is 0 Å². The second-order valence-corrected chi connectivity index (χ2v) is 6.04. The maximum Gasteiger partial charge on any atom is 0.258 e. The first-order valence-electron chi connectivity index (χ1n) is 8.08. The Morgan fingerprint density at radius 3 is 1.92 bits per heavy atom. The van der Waals surface area contributed by atoms with Gasteiger partial charge >= 0.3 is 0 Å². The fourth-order valence-corrected chi connectivity index (χ4v) is 3.58. The van der Waals surface area contributed by atoms with Gasteiger partial charge in [0.15, 0.2) is 0 Å². The molecule has 0 fully saturated rings. The molecule has 1 heterocycles. The average Bonchev–Trinajstić information content (AvgIpc) is 3.01. The second-order valence-electron chi connectivity index (χ2n) is 6.04. The third-order valence-corrected chi connectivity index (χ3v) is 4.67. The standard InChI is InChI=1S/C21H16N3/c1-23-21-19-14-8-6-12-17(19)16-11-5-7-13-18(16)20(21)22-24(23)15-9-3-2-4-10-15/h2-14H,1H3/q+1. The number of hydrogen-bond acceptors (Lipinski definition) is 1. The lowest BCUT2D eigenvalue weighted by Crippen LogP contribution is -2.38. The quantitative estimate of drug-likeness (QED) is 0.336. The van der Waals surface area contributed by atoms with Crippen LogP contribution in [0.2, 0.25) is 0 Å². The minimum atomic E-state index is 1.04. The Balaban J connectivity index is 2.04. The molecule has 0 saturated carbocycles. The van der Waals surface area contributed by atoms with Crippen molar-refractivity contribution < 1.29 is 4.68 Å². The monoisotopic (exact) mass is 310 g/mol. The van der Waals surface area contributed by atoms with Gasteiger partial charge in [-0.25, -0.2) is 0 Å². The second kappa shape index (κ2) is 4.90. The predicted molar refractivity (Wildman–Crippen MR) is 97.3 cm³/mol. The van der Waals surface area contributed by atoms with Gasteiger partial charge in [0.1, 0.15) is 12.7 Å². The molecule has 0 radical (unpaired) electrons. The molecule has 0 unspecified atom stereocenters. The minimum Gasteiger partial charge on any atom is -0.150 e. The van der Waals surface area contributed by atoms with Gasteiger partial charge in [0, 0.05) is 10.8 Å². The summed E-state index contributed by atoms with van der Waals surface area (Å²) in [6.45, 7) is 0. The van der Waals surface area contributed by atoms with Crippen molar-refractivity contribution in [3.05, 3.63) is 78.9 Å². The Bertz CT molecular complexity index is 1200. The number of rotatable bonds is 1. The van der Waals surface area contributed by atoms with Crippen LogP contribution in [0, 0.1) is 0 Å². The van der Waals surface area contributed by atoms with Crippen LogP contribution in [0.1, 0.15) is 0 Å². The van der Waals surface area contributed by atoms with E-state index in [0.717, 1.165) is 16.7 Å². The van der Waals surface area contributed by atoms with Gasteiger partial charge in [0.25, 0.3) is 5.52 Å². The maximum atomic E-state index is 4.94. The van der Waals surface area contributed by atoms with Crippen LogP contribution >= 0.6 is 0 Å². The predicted octanol–water partition coefficient (Wildman–Crippen LogP) is 4.16. The highest BCUT2D eigenvalue weighted by Crippen LogP contribution is 2.32. The molecular weight excluding hydrogens is 294 g/mol. The van der Waals surface area contributed by atoms with Crippen LogP contribution in [0.3, 0.4) is 0 Å². The lowest BCUT2D eigenvalue weighted by Gasteiger charge is -2.03. The van der Waals surface area contributed by atoms with E-state index in [2.05, 4.69) is 72.4 Å². The molecule has 3 heteroatoms. The molecule has 0 aliphatic carbocycles. The Labute approximate surface area is 139 Å². The molecule has 24 heavy (non-hydrogen) atoms. The van der Waals surface area contributed by atoms with E-state index in [1.807, 2.05) is 23.0 Å². The largest absolute Gasteiger partial charge is 0.258 e. The normalized spacial score (nSPS) is 11.5. The molecule has 0 aliphatic heterocycles. The first-order chi connectivity index (χ1) is 11.8. The molecule has 0 amide bonds. The maximum absolute atomic E-state index is 4.94. The highest BCUT2D eigenvalue weighted by Gasteiger charge is 2.23. The minimum absolute atomic E-state index is 1.04. The molecule has 1 aromatic heterocycles. The van der Waals surface area contributed by atoms with Crippen LogP contribution in [-0.2, 0) is 7.05 Å². The smallest absolute Gasteiger partial charge is 0.150 e. The summed E-state index contributed by atoms with van der Waals surface area (Å²) in [4.78, 5) is 1.98. The highest BCUT2D eigenvalue weighted by atomic mass is 15.5. The first kappa shape index (κ1) is 13.3. The zero-order valence-electron chi connectivity index (χ0n) is 13.3. The van der Waals surface area contributed by atoms with Crippen LogP contribution in [0.15, 0.2) is 78.9 Å². The Hall–Kier alpha value is -3.20. The van der Waals surface area contributed by atoms with Crippen LogP contribution in [-0.4, -0.2) is 9.90 Å². The van der Waals surface area contributed by atoms with E-state index in [9.17, 15) is 0 Å². The van der Waals surface area contributed by atoms with Crippen molar-refractivity contribution in [3.63, 3.8) is 0 Å². The molecule has 0 N–H and O–H groups in total. The summed E-state index contributed by atoms with van der Waals surface area (Å²) in [5, 5.41) is 9.88. The van der Waals surface area contributed by atoms with Crippen molar-refractivity contribution in [3.8, 4) is 5.69 Å². The fourth-order valence-electron chi connectivity index (χ4n) is 3.58. The van der Waals surface area contributed by atoms with Gasteiger partial charge in [-0.15, -0.1) is 4.68 Å². The number of aromatic nitrogens is 3. The van der Waals surface area contributed by atoms with Crippen LogP contribution < -0.4 is 4.68 Å². The highest BCUT2D eigenvalue weighted by molar-refractivity contribution is 6.22. The number of para-hydroxylation sites is 1. The van der Waals surface area contributed by atoms with Crippen molar-refractivity contribution in [2.45, 2.75) is 0 Å². The number of aryl methyl sites for hydroxylation is 1. The van der Waals surface area contributed by atoms with Crippen molar-refractivity contribution in [1.82, 2.24) is 9.90 Å². The van der Waals surface area contributed by atoms with E-state index in [0.29, 0.717) is 0 Å². The van der Waals surface area contributed by atoms with Gasteiger partial charge in [0.05, 0.1) is 5.10 Å². The number of hydrogen-bond donors (Lipinski definition) is 0. The molecule has 114 valence electrons. The van der Waals surface area contributed by atoms with Crippen LogP contribution in [0.4, 0.5) is 0 Å². The van der Waals surface area contributed by atoms with E-state index < -0.39 is 0 Å². The third kappa shape index (κ3) is 1.72. The number of benzene rings is 4. The summed E-state index contributed by atoms with van der Waals surface area (Å²) < 4.78 is 2.14. The molecule has 0 aliphatic rings. The molecule has 0 spiro atoms. The summed E-state index contributed by atoms with van der Waals surface area (Å²) in [5.41, 5.74) is 3.26. The van der Waals surface area contributed by atoms with E-state index >= 15 is 0 Å². The molecule has 3 nitrogen and oxygen atoms in total. The summed E-state index contributed by atoms with van der Waals surface area (Å²) in [7, 11) is 2.07. The van der Waals surface area contributed by atoms with Crippen molar-refractivity contribution in [1.29, 1.82) is 0 Å². The van der Waals surface area contributed by atoms with Gasteiger partial charge in [-0.05, 0) is 39.8 Å². The number of fused-ring (bicyclic) bond motifs is 6. The van der Waals surface area contributed by atoms with E-state index in [1.165, 1.54) is 21.5 Å². The Morgan fingerprint density at radius 2 is 1.21 bits per heavy atom. The SMILES string of the molecule is C[n+]1c2c3ccccc3c3ccccc3c2nn1-c1ccccc1. The van der Waals surface area contributed by atoms with Gasteiger partial charge in [-0.1, -0.05) is 54.6 Å². The Morgan fingerprint density at radius 1 is 0.667 bits per heavy atom. The Kier molecular flexibility index (Phi) is 2.71. The van der Waals surface area contributed by atoms with E-state index in [-0.39, 0.29) is 0 Å². The van der Waals surface area contributed by atoms with Crippen LogP contribution in [0.5, 0.6) is 0 Å². The van der Waals surface area contributed by atoms with Crippen molar-refractivity contribution >= 4 is 32.6 Å². The molecule has 0 saturated heterocycles. The fraction of sp³-hybridized carbons (Fsp3) is 0.0476. The van der Waals surface area contributed by atoms with Crippen molar-refractivity contribution in [2.75, 3.05) is 0 Å². The zero-order valence-corrected chi connectivity index (χ0v) is 13.3. The summed E-state index contributed by atoms with van der Waals surface area (Å²) in [5.74, 6) is 0. The average molecular weight is 310 g/mol. The number of nitrogens with zero attached hydrogens (tertiary/aromatic N) is 3. The molecule has 5 aromatic rings. The molecule has 5 rings (SSSR count). The lowest BCUT2D eigenvalue weighted by atomic mass is 10.00. The topological polar surface area (TPSA) is 21.7 Å². The molecule has 0 bridgehead atoms. The van der Waals surface area contributed by atoms with Crippen LogP contribution in [0.25, 0.3) is 38.3 Å². The lowest BCUT2D eigenvalue weighted by molar-refractivity contribution is -0.725. The van der Waals surface area contributed by atoms with Gasteiger partial charge in [-0.3, -0.25) is 0 Å².